The highest BCUT2D eigenvalue weighted by Crippen LogP contribution is 2.31. The average molecular weight is 397 g/mol. The summed E-state index contributed by atoms with van der Waals surface area (Å²) in [6.07, 6.45) is 2.28. The lowest BCUT2D eigenvalue weighted by Crippen LogP contribution is -1.97. The van der Waals surface area contributed by atoms with E-state index in [2.05, 4.69) is 15.3 Å². The van der Waals surface area contributed by atoms with Crippen molar-refractivity contribution in [3.8, 4) is 5.75 Å². The lowest BCUT2D eigenvalue weighted by molar-refractivity contribution is 0.270. The monoisotopic (exact) mass is 396 g/mol. The van der Waals surface area contributed by atoms with E-state index in [1.807, 2.05) is 6.92 Å². The number of furan rings is 1. The van der Waals surface area contributed by atoms with Crippen molar-refractivity contribution in [3.63, 3.8) is 0 Å². The second kappa shape index (κ2) is 7.86. The van der Waals surface area contributed by atoms with Gasteiger partial charge in [0, 0.05) is 6.42 Å². The van der Waals surface area contributed by atoms with Gasteiger partial charge in [-0.2, -0.15) is 14.9 Å². The molecule has 1 aromatic carbocycles. The number of aromatic nitrogens is 3. The molecule has 3 rings (SSSR count). The van der Waals surface area contributed by atoms with E-state index in [-0.39, 0.29) is 6.61 Å². The molecule has 2 heterocycles. The van der Waals surface area contributed by atoms with Crippen LogP contribution in [0.4, 0.5) is 0 Å². The maximum atomic E-state index is 6.08. The summed E-state index contributed by atoms with van der Waals surface area (Å²) in [7, 11) is 0. The molecule has 2 aromatic heterocycles. The molecule has 130 valence electrons. The smallest absolute Gasteiger partial charge is 0.216 e. The van der Waals surface area contributed by atoms with Crippen LogP contribution in [-0.4, -0.2) is 21.1 Å². The second-order valence-corrected chi connectivity index (χ2v) is 6.17. The summed E-state index contributed by atoms with van der Waals surface area (Å²) >= 11 is 17.2. The van der Waals surface area contributed by atoms with Gasteiger partial charge in [-0.15, -0.1) is 0 Å². The predicted octanol–water partition coefficient (Wildman–Crippen LogP) is 4.86. The number of benzene rings is 1. The van der Waals surface area contributed by atoms with Crippen LogP contribution in [0.1, 0.15) is 24.3 Å². The van der Waals surface area contributed by atoms with Gasteiger partial charge in [0.25, 0.3) is 0 Å². The van der Waals surface area contributed by atoms with E-state index in [1.54, 1.807) is 41.2 Å². The van der Waals surface area contributed by atoms with Crippen LogP contribution in [0.15, 0.2) is 39.9 Å². The van der Waals surface area contributed by atoms with E-state index in [0.29, 0.717) is 38.5 Å². The van der Waals surface area contributed by atoms with E-state index in [9.17, 15) is 0 Å². The molecule has 25 heavy (non-hydrogen) atoms. The average Bonchev–Trinajstić information content (AvgIpc) is 3.20. The molecule has 0 bridgehead atoms. The fraction of sp³-hybridized carbons (Fsp3) is 0.188. The van der Waals surface area contributed by atoms with Gasteiger partial charge in [0.1, 0.15) is 28.9 Å². The Balaban J connectivity index is 1.68. The molecule has 1 N–H and O–H groups in total. The molecular weight excluding hydrogens is 383 g/mol. The molecule has 0 atom stereocenters. The Bertz CT molecular complexity index is 961. The Morgan fingerprint density at radius 1 is 1.36 bits per heavy atom. The summed E-state index contributed by atoms with van der Waals surface area (Å²) in [5.74, 6) is 2.44. The van der Waals surface area contributed by atoms with Gasteiger partial charge in [-0.3, -0.25) is 5.10 Å². The normalized spacial score (nSPS) is 11.3. The first kappa shape index (κ1) is 17.7. The predicted molar refractivity (Wildman–Crippen MR) is 99.3 cm³/mol. The molecule has 0 saturated heterocycles. The third-order valence-corrected chi connectivity index (χ3v) is 4.37. The van der Waals surface area contributed by atoms with Gasteiger partial charge in [-0.05, 0) is 36.5 Å². The summed E-state index contributed by atoms with van der Waals surface area (Å²) in [4.78, 5) is 0. The molecule has 0 saturated carbocycles. The SMILES string of the molecule is CCc1n[nH]c(=S)n1/N=C\c1ccc(COc2cccc(Cl)c2Cl)o1. The molecule has 6 nitrogen and oxygen atoms in total. The largest absolute Gasteiger partial charge is 0.484 e. The topological polar surface area (TPSA) is 68.3 Å². The van der Waals surface area contributed by atoms with E-state index >= 15 is 0 Å². The van der Waals surface area contributed by atoms with Gasteiger partial charge < -0.3 is 9.15 Å². The highest BCUT2D eigenvalue weighted by molar-refractivity contribution is 7.71. The van der Waals surface area contributed by atoms with Crippen LogP contribution in [0.3, 0.4) is 0 Å². The Morgan fingerprint density at radius 3 is 3.00 bits per heavy atom. The summed E-state index contributed by atoms with van der Waals surface area (Å²) in [5.41, 5.74) is 0. The van der Waals surface area contributed by atoms with Gasteiger partial charge >= 0.3 is 0 Å². The number of ether oxygens (including phenoxy) is 1. The lowest BCUT2D eigenvalue weighted by Gasteiger charge is -2.06. The molecule has 0 aliphatic rings. The summed E-state index contributed by atoms with van der Waals surface area (Å²) in [6, 6.07) is 8.80. The molecule has 0 amide bonds. The van der Waals surface area contributed by atoms with Crippen LogP contribution in [0.5, 0.6) is 5.75 Å². The Morgan fingerprint density at radius 2 is 2.20 bits per heavy atom. The number of aromatic amines is 1. The summed E-state index contributed by atoms with van der Waals surface area (Å²) < 4.78 is 13.3. The number of hydrogen-bond donors (Lipinski definition) is 1. The maximum Gasteiger partial charge on any atom is 0.216 e. The number of nitrogens with one attached hydrogen (secondary N) is 1. The number of aryl methyl sites for hydroxylation is 1. The van der Waals surface area contributed by atoms with Crippen molar-refractivity contribution in [3.05, 3.63) is 62.5 Å². The minimum atomic E-state index is 0.221. The fourth-order valence-corrected chi connectivity index (χ4v) is 2.62. The Labute approximate surface area is 159 Å². The molecule has 0 aliphatic carbocycles. The Kier molecular flexibility index (Phi) is 5.57. The number of rotatable bonds is 6. The summed E-state index contributed by atoms with van der Waals surface area (Å²) in [6.45, 7) is 2.19. The van der Waals surface area contributed by atoms with E-state index < -0.39 is 0 Å². The molecule has 0 spiro atoms. The highest BCUT2D eigenvalue weighted by atomic mass is 35.5. The van der Waals surface area contributed by atoms with Gasteiger partial charge in [-0.25, -0.2) is 0 Å². The molecule has 9 heteroatoms. The minimum absolute atomic E-state index is 0.221. The zero-order valence-corrected chi connectivity index (χ0v) is 15.5. The van der Waals surface area contributed by atoms with Crippen LogP contribution < -0.4 is 4.74 Å². The third-order valence-electron chi connectivity index (χ3n) is 3.30. The summed E-state index contributed by atoms with van der Waals surface area (Å²) in [5, 5.41) is 11.9. The Hall–Kier alpha value is -2.09. The zero-order chi connectivity index (χ0) is 17.8. The van der Waals surface area contributed by atoms with E-state index in [1.165, 1.54) is 0 Å². The number of nitrogens with zero attached hydrogens (tertiary/aromatic N) is 3. The van der Waals surface area contributed by atoms with Crippen LogP contribution >= 0.6 is 35.4 Å². The van der Waals surface area contributed by atoms with Gasteiger partial charge in [-0.1, -0.05) is 36.2 Å². The number of halogens is 2. The first-order chi connectivity index (χ1) is 12.1. The zero-order valence-electron chi connectivity index (χ0n) is 13.2. The van der Waals surface area contributed by atoms with Gasteiger partial charge in [0.05, 0.1) is 11.2 Å². The second-order valence-electron chi connectivity index (χ2n) is 5.00. The van der Waals surface area contributed by atoms with Crippen molar-refractivity contribution >= 4 is 41.6 Å². The molecule has 0 radical (unpaired) electrons. The highest BCUT2D eigenvalue weighted by Gasteiger charge is 2.08. The van der Waals surface area contributed by atoms with Crippen molar-refractivity contribution in [1.82, 2.24) is 14.9 Å². The number of hydrogen-bond acceptors (Lipinski definition) is 5. The fourth-order valence-electron chi connectivity index (χ4n) is 2.07. The van der Waals surface area contributed by atoms with Crippen molar-refractivity contribution in [2.24, 2.45) is 5.10 Å². The van der Waals surface area contributed by atoms with Crippen LogP contribution in [0, 0.1) is 4.77 Å². The minimum Gasteiger partial charge on any atom is -0.484 e. The molecule has 0 unspecified atom stereocenters. The maximum absolute atomic E-state index is 6.08. The van der Waals surface area contributed by atoms with Crippen molar-refractivity contribution in [2.45, 2.75) is 20.0 Å². The lowest BCUT2D eigenvalue weighted by atomic mass is 10.3. The van der Waals surface area contributed by atoms with E-state index in [4.69, 9.17) is 44.6 Å². The van der Waals surface area contributed by atoms with Crippen LogP contribution in [0.25, 0.3) is 0 Å². The van der Waals surface area contributed by atoms with Crippen LogP contribution in [0.2, 0.25) is 10.0 Å². The first-order valence-corrected chi connectivity index (χ1v) is 8.61. The number of H-pyrrole nitrogens is 1. The van der Waals surface area contributed by atoms with Crippen LogP contribution in [-0.2, 0) is 13.0 Å². The van der Waals surface area contributed by atoms with Crippen molar-refractivity contribution < 1.29 is 9.15 Å². The first-order valence-electron chi connectivity index (χ1n) is 7.44. The molecular formula is C16H14Cl2N4O2S. The van der Waals surface area contributed by atoms with Gasteiger partial charge in [0.15, 0.2) is 5.82 Å². The van der Waals surface area contributed by atoms with E-state index in [0.717, 1.165) is 5.82 Å². The third kappa shape index (κ3) is 4.12. The standard InChI is InChI=1S/C16H14Cl2N4O2S/c1-2-14-20-21-16(25)22(14)19-8-10-6-7-11(24-10)9-23-13-5-3-4-12(17)15(13)18/h3-8H,2,9H2,1H3,(H,21,25)/b19-8-. The van der Waals surface area contributed by atoms with Crippen molar-refractivity contribution in [2.75, 3.05) is 0 Å². The van der Waals surface area contributed by atoms with Gasteiger partial charge in [0.2, 0.25) is 4.77 Å². The quantitative estimate of drug-likeness (QED) is 0.476. The molecule has 3 aromatic rings. The molecule has 0 fully saturated rings. The molecule has 0 aliphatic heterocycles. The van der Waals surface area contributed by atoms with Crippen molar-refractivity contribution in [1.29, 1.82) is 0 Å².